The second-order valence-electron chi connectivity index (χ2n) is 3.94. The van der Waals surface area contributed by atoms with Crippen LogP contribution in [0.3, 0.4) is 0 Å². The first-order chi connectivity index (χ1) is 9.56. The monoisotopic (exact) mass is 293 g/mol. The zero-order chi connectivity index (χ0) is 14.6. The van der Waals surface area contributed by atoms with Crippen molar-refractivity contribution in [1.29, 1.82) is 0 Å². The van der Waals surface area contributed by atoms with Gasteiger partial charge in [-0.3, -0.25) is 4.72 Å². The molecule has 0 radical (unpaired) electrons. The maximum absolute atomic E-state index is 12.3. The molecular formula is C13H15N3O3S. The van der Waals surface area contributed by atoms with Crippen molar-refractivity contribution >= 4 is 21.4 Å². The molecule has 0 fully saturated rings. The lowest BCUT2D eigenvalue weighted by atomic mass is 10.3. The van der Waals surface area contributed by atoms with Gasteiger partial charge in [-0.05, 0) is 18.2 Å². The van der Waals surface area contributed by atoms with E-state index < -0.39 is 10.0 Å². The lowest BCUT2D eigenvalue weighted by Gasteiger charge is -2.11. The largest absolute Gasteiger partial charge is 0.481 e. The van der Waals surface area contributed by atoms with Crippen LogP contribution in [-0.2, 0) is 10.0 Å². The van der Waals surface area contributed by atoms with Gasteiger partial charge < -0.3 is 10.1 Å². The van der Waals surface area contributed by atoms with Gasteiger partial charge in [-0.25, -0.2) is 13.4 Å². The number of anilines is 2. The summed E-state index contributed by atoms with van der Waals surface area (Å²) in [7, 11) is -0.504. The van der Waals surface area contributed by atoms with Crippen molar-refractivity contribution in [3.8, 4) is 5.88 Å². The minimum atomic E-state index is -3.67. The average Bonchev–Trinajstić information content (AvgIpc) is 2.47. The van der Waals surface area contributed by atoms with E-state index in [1.54, 1.807) is 37.4 Å². The summed E-state index contributed by atoms with van der Waals surface area (Å²) in [6, 6.07) is 9.83. The molecule has 7 heteroatoms. The first-order valence-corrected chi connectivity index (χ1v) is 7.35. The first-order valence-electron chi connectivity index (χ1n) is 5.86. The highest BCUT2D eigenvalue weighted by atomic mass is 32.2. The van der Waals surface area contributed by atoms with Gasteiger partial charge in [-0.15, -0.1) is 0 Å². The molecule has 106 valence electrons. The van der Waals surface area contributed by atoms with Crippen LogP contribution < -0.4 is 14.8 Å². The number of hydrogen-bond donors (Lipinski definition) is 2. The number of pyridine rings is 1. The Balaban J connectivity index is 2.30. The molecule has 0 bridgehead atoms. The summed E-state index contributed by atoms with van der Waals surface area (Å²) in [6.45, 7) is 0. The number of benzene rings is 1. The third-order valence-electron chi connectivity index (χ3n) is 2.64. The van der Waals surface area contributed by atoms with Crippen LogP contribution in [0.5, 0.6) is 5.88 Å². The number of sulfonamides is 1. The Morgan fingerprint density at radius 2 is 1.90 bits per heavy atom. The highest BCUT2D eigenvalue weighted by Crippen LogP contribution is 2.23. The molecule has 0 saturated heterocycles. The summed E-state index contributed by atoms with van der Waals surface area (Å²) in [5.74, 6) is 0.420. The number of methoxy groups -OCH3 is 1. The van der Waals surface area contributed by atoms with Crippen molar-refractivity contribution in [1.82, 2.24) is 4.98 Å². The van der Waals surface area contributed by atoms with Crippen LogP contribution in [-0.4, -0.2) is 27.6 Å². The second-order valence-corrected chi connectivity index (χ2v) is 5.59. The van der Waals surface area contributed by atoms with E-state index in [0.717, 1.165) is 0 Å². The molecule has 0 saturated carbocycles. The van der Waals surface area contributed by atoms with E-state index in [1.807, 2.05) is 0 Å². The summed E-state index contributed by atoms with van der Waals surface area (Å²) >= 11 is 0. The lowest BCUT2D eigenvalue weighted by Crippen LogP contribution is -2.14. The van der Waals surface area contributed by atoms with Crippen LogP contribution in [0.1, 0.15) is 0 Å². The summed E-state index contributed by atoms with van der Waals surface area (Å²) in [5, 5.41) is 2.85. The van der Waals surface area contributed by atoms with E-state index in [-0.39, 0.29) is 4.90 Å². The third-order valence-corrected chi connectivity index (χ3v) is 4.08. The highest BCUT2D eigenvalue weighted by molar-refractivity contribution is 7.92. The summed E-state index contributed by atoms with van der Waals surface area (Å²) in [5.41, 5.74) is 0.901. The Labute approximate surface area is 117 Å². The van der Waals surface area contributed by atoms with Crippen molar-refractivity contribution in [2.75, 3.05) is 24.2 Å². The van der Waals surface area contributed by atoms with Crippen molar-refractivity contribution < 1.29 is 13.2 Å². The molecular weight excluding hydrogens is 278 g/mol. The van der Waals surface area contributed by atoms with E-state index >= 15 is 0 Å². The molecule has 0 atom stereocenters. The Morgan fingerprint density at radius 3 is 2.50 bits per heavy atom. The second kappa shape index (κ2) is 5.79. The van der Waals surface area contributed by atoms with Gasteiger partial charge in [0.25, 0.3) is 10.0 Å². The summed E-state index contributed by atoms with van der Waals surface area (Å²) in [6.07, 6.45) is 1.40. The molecule has 0 aliphatic heterocycles. The fraction of sp³-hybridized carbons (Fsp3) is 0.154. The van der Waals surface area contributed by atoms with Gasteiger partial charge in [-0.2, -0.15) is 0 Å². The SMILES string of the molecule is CNc1ccccc1S(=O)(=O)Nc1ccc(OC)nc1. The minimum Gasteiger partial charge on any atom is -0.481 e. The van der Waals surface area contributed by atoms with Gasteiger partial charge >= 0.3 is 0 Å². The summed E-state index contributed by atoms with van der Waals surface area (Å²) < 4.78 is 32.0. The van der Waals surface area contributed by atoms with E-state index in [9.17, 15) is 8.42 Å². The average molecular weight is 293 g/mol. The first kappa shape index (κ1) is 14.1. The number of nitrogens with one attached hydrogen (secondary N) is 2. The smallest absolute Gasteiger partial charge is 0.264 e. The number of aromatic nitrogens is 1. The van der Waals surface area contributed by atoms with Crippen LogP contribution in [0.2, 0.25) is 0 Å². The normalized spacial score (nSPS) is 10.9. The van der Waals surface area contributed by atoms with Gasteiger partial charge in [0.05, 0.1) is 24.7 Å². The minimum absolute atomic E-state index is 0.179. The fourth-order valence-corrected chi connectivity index (χ4v) is 2.94. The topological polar surface area (TPSA) is 80.3 Å². The lowest BCUT2D eigenvalue weighted by molar-refractivity contribution is 0.398. The standard InChI is InChI=1S/C13H15N3O3S/c1-14-11-5-3-4-6-12(11)20(17,18)16-10-7-8-13(19-2)15-9-10/h3-9,14,16H,1-2H3. The fourth-order valence-electron chi connectivity index (χ4n) is 1.68. The van der Waals surface area contributed by atoms with E-state index in [0.29, 0.717) is 17.3 Å². The predicted octanol–water partition coefficient (Wildman–Crippen LogP) is 1.93. The van der Waals surface area contributed by atoms with Gasteiger partial charge in [0.15, 0.2) is 0 Å². The van der Waals surface area contributed by atoms with Crippen molar-refractivity contribution in [2.24, 2.45) is 0 Å². The van der Waals surface area contributed by atoms with Crippen molar-refractivity contribution in [3.63, 3.8) is 0 Å². The maximum atomic E-state index is 12.3. The molecule has 2 rings (SSSR count). The molecule has 6 nitrogen and oxygen atoms in total. The van der Waals surface area contributed by atoms with Crippen LogP contribution in [0.4, 0.5) is 11.4 Å². The zero-order valence-electron chi connectivity index (χ0n) is 11.1. The Bertz CT molecular complexity index is 684. The van der Waals surface area contributed by atoms with Crippen molar-refractivity contribution in [3.05, 3.63) is 42.6 Å². The number of para-hydroxylation sites is 1. The molecule has 0 aliphatic rings. The van der Waals surface area contributed by atoms with Gasteiger partial charge in [0.1, 0.15) is 4.90 Å². The van der Waals surface area contributed by atoms with Crippen LogP contribution in [0.25, 0.3) is 0 Å². The number of hydrogen-bond acceptors (Lipinski definition) is 5. The Morgan fingerprint density at radius 1 is 1.15 bits per heavy atom. The molecule has 0 spiro atoms. The molecule has 2 N–H and O–H groups in total. The van der Waals surface area contributed by atoms with E-state index in [2.05, 4.69) is 15.0 Å². The zero-order valence-corrected chi connectivity index (χ0v) is 11.9. The van der Waals surface area contributed by atoms with Gasteiger partial charge in [0.2, 0.25) is 5.88 Å². The Kier molecular flexibility index (Phi) is 4.09. The predicted molar refractivity (Wildman–Crippen MR) is 77.6 cm³/mol. The van der Waals surface area contributed by atoms with Crippen LogP contribution in [0, 0.1) is 0 Å². The molecule has 0 unspecified atom stereocenters. The molecule has 0 amide bonds. The van der Waals surface area contributed by atoms with Gasteiger partial charge in [0, 0.05) is 13.1 Å². The molecule has 1 heterocycles. The van der Waals surface area contributed by atoms with Crippen LogP contribution >= 0.6 is 0 Å². The molecule has 1 aromatic carbocycles. The third kappa shape index (κ3) is 3.00. The maximum Gasteiger partial charge on any atom is 0.264 e. The number of nitrogens with zero attached hydrogens (tertiary/aromatic N) is 1. The molecule has 2 aromatic rings. The summed E-state index contributed by atoms with van der Waals surface area (Å²) in [4.78, 5) is 4.13. The quantitative estimate of drug-likeness (QED) is 0.880. The molecule has 1 aromatic heterocycles. The van der Waals surface area contributed by atoms with E-state index in [4.69, 9.17) is 4.74 Å². The molecule has 20 heavy (non-hydrogen) atoms. The highest BCUT2D eigenvalue weighted by Gasteiger charge is 2.17. The molecule has 0 aliphatic carbocycles. The van der Waals surface area contributed by atoms with E-state index in [1.165, 1.54) is 19.4 Å². The number of ether oxygens (including phenoxy) is 1. The Hall–Kier alpha value is -2.28. The number of rotatable bonds is 5. The van der Waals surface area contributed by atoms with Crippen LogP contribution in [0.15, 0.2) is 47.5 Å². The van der Waals surface area contributed by atoms with Crippen molar-refractivity contribution in [2.45, 2.75) is 4.90 Å². The van der Waals surface area contributed by atoms with Gasteiger partial charge in [-0.1, -0.05) is 12.1 Å².